The highest BCUT2D eigenvalue weighted by Gasteiger charge is 2.61. The molecule has 0 saturated carbocycles. The minimum Gasteiger partial charge on any atom is -0.479 e. The number of halogens is 4. The number of aliphatic carboxylic acids is 1. The van der Waals surface area contributed by atoms with Crippen molar-refractivity contribution in [2.45, 2.75) is 76.6 Å². The Morgan fingerprint density at radius 3 is 1.68 bits per heavy atom. The molecule has 0 radical (unpaired) electrons. The summed E-state index contributed by atoms with van der Waals surface area (Å²) in [6.45, 7) is 2.09. The van der Waals surface area contributed by atoms with Crippen LogP contribution in [-0.4, -0.2) is 22.9 Å². The summed E-state index contributed by atoms with van der Waals surface area (Å²) in [5.41, 5.74) is -4.10. The van der Waals surface area contributed by atoms with Gasteiger partial charge in [-0.2, -0.15) is 13.2 Å². The molecule has 0 aromatic rings. The molecule has 2 nitrogen and oxygen atoms in total. The summed E-state index contributed by atoms with van der Waals surface area (Å²) in [6, 6.07) is 0. The number of carbonyl (C=O) groups is 1. The van der Waals surface area contributed by atoms with Gasteiger partial charge in [0.2, 0.25) is 0 Å². The van der Waals surface area contributed by atoms with Gasteiger partial charge < -0.3 is 5.11 Å². The molecule has 6 heteroatoms. The summed E-state index contributed by atoms with van der Waals surface area (Å²) in [4.78, 5) is 10.4. The molecule has 0 spiro atoms. The number of hydrogen-bond donors (Lipinski definition) is 1. The van der Waals surface area contributed by atoms with E-state index in [-0.39, 0.29) is 6.42 Å². The number of hydrogen-bond acceptors (Lipinski definition) is 1. The van der Waals surface area contributed by atoms with Crippen LogP contribution in [0.3, 0.4) is 0 Å². The van der Waals surface area contributed by atoms with E-state index in [1.807, 2.05) is 0 Å². The molecule has 19 heavy (non-hydrogen) atoms. The Balaban J connectivity index is 3.88. The van der Waals surface area contributed by atoms with Crippen LogP contribution in [0, 0.1) is 0 Å². The molecular formula is C13H22F4O2. The molecule has 0 aromatic carbocycles. The van der Waals surface area contributed by atoms with Crippen LogP contribution in [0.1, 0.15) is 64.7 Å². The van der Waals surface area contributed by atoms with E-state index < -0.39 is 24.2 Å². The Morgan fingerprint density at radius 2 is 1.32 bits per heavy atom. The first-order valence-electron chi connectivity index (χ1n) is 6.74. The van der Waals surface area contributed by atoms with Crippen LogP contribution in [0.2, 0.25) is 0 Å². The maximum atomic E-state index is 13.4. The second-order valence-corrected chi connectivity index (χ2v) is 4.83. The third-order valence-electron chi connectivity index (χ3n) is 3.16. The summed E-state index contributed by atoms with van der Waals surface area (Å²) in [7, 11) is 0. The topological polar surface area (TPSA) is 37.3 Å². The van der Waals surface area contributed by atoms with Crippen molar-refractivity contribution in [1.82, 2.24) is 0 Å². The molecule has 1 unspecified atom stereocenters. The highest BCUT2D eigenvalue weighted by molar-refractivity contribution is 5.78. The normalized spacial score (nSPS) is 15.2. The van der Waals surface area contributed by atoms with Crippen LogP contribution < -0.4 is 0 Å². The molecule has 0 aliphatic carbocycles. The van der Waals surface area contributed by atoms with E-state index >= 15 is 0 Å². The average Bonchev–Trinajstić information content (AvgIpc) is 2.30. The van der Waals surface area contributed by atoms with E-state index in [0.717, 1.165) is 38.5 Å². The van der Waals surface area contributed by atoms with Crippen molar-refractivity contribution in [3.8, 4) is 0 Å². The van der Waals surface area contributed by atoms with Gasteiger partial charge in [0.05, 0.1) is 0 Å². The smallest absolute Gasteiger partial charge is 0.433 e. The van der Waals surface area contributed by atoms with E-state index in [1.165, 1.54) is 0 Å². The van der Waals surface area contributed by atoms with Gasteiger partial charge in [-0.25, -0.2) is 9.18 Å². The second-order valence-electron chi connectivity index (χ2n) is 4.83. The van der Waals surface area contributed by atoms with Gasteiger partial charge in [-0.05, 0) is 6.42 Å². The van der Waals surface area contributed by atoms with Gasteiger partial charge in [0.25, 0.3) is 0 Å². The first-order chi connectivity index (χ1) is 8.75. The molecule has 0 aliphatic heterocycles. The van der Waals surface area contributed by atoms with Gasteiger partial charge in [0, 0.05) is 6.42 Å². The van der Waals surface area contributed by atoms with E-state index in [2.05, 4.69) is 6.92 Å². The molecule has 0 aromatic heterocycles. The molecule has 0 saturated heterocycles. The minimum atomic E-state index is -5.35. The van der Waals surface area contributed by atoms with Crippen molar-refractivity contribution in [3.05, 3.63) is 0 Å². The Hall–Kier alpha value is -0.810. The van der Waals surface area contributed by atoms with E-state index in [0.29, 0.717) is 6.42 Å². The van der Waals surface area contributed by atoms with E-state index in [9.17, 15) is 22.4 Å². The minimum absolute atomic E-state index is 0.0594. The van der Waals surface area contributed by atoms with Crippen LogP contribution in [0.25, 0.3) is 0 Å². The van der Waals surface area contributed by atoms with Crippen LogP contribution in [0.15, 0.2) is 0 Å². The molecule has 0 aliphatic rings. The summed E-state index contributed by atoms with van der Waals surface area (Å²) >= 11 is 0. The van der Waals surface area contributed by atoms with Crippen molar-refractivity contribution in [1.29, 1.82) is 0 Å². The fraction of sp³-hybridized carbons (Fsp3) is 0.923. The van der Waals surface area contributed by atoms with Crippen LogP contribution in [-0.2, 0) is 4.79 Å². The lowest BCUT2D eigenvalue weighted by molar-refractivity contribution is -0.238. The molecule has 0 amide bonds. The Kier molecular flexibility index (Phi) is 8.02. The molecule has 1 N–H and O–H groups in total. The largest absolute Gasteiger partial charge is 0.479 e. The highest BCUT2D eigenvalue weighted by atomic mass is 19.4. The van der Waals surface area contributed by atoms with Gasteiger partial charge in [0.1, 0.15) is 0 Å². The fourth-order valence-corrected chi connectivity index (χ4v) is 1.87. The number of carboxylic acid groups (broad SMARTS) is 1. The summed E-state index contributed by atoms with van der Waals surface area (Å²) < 4.78 is 50.3. The van der Waals surface area contributed by atoms with E-state index in [4.69, 9.17) is 5.11 Å². The highest BCUT2D eigenvalue weighted by Crippen LogP contribution is 2.38. The van der Waals surface area contributed by atoms with Crippen molar-refractivity contribution in [3.63, 3.8) is 0 Å². The lowest BCUT2D eigenvalue weighted by Crippen LogP contribution is -2.48. The maximum absolute atomic E-state index is 13.4. The first kappa shape index (κ1) is 18.2. The van der Waals surface area contributed by atoms with Gasteiger partial charge in [0.15, 0.2) is 0 Å². The van der Waals surface area contributed by atoms with Crippen molar-refractivity contribution in [2.24, 2.45) is 0 Å². The molecule has 0 bridgehead atoms. The molecule has 0 heterocycles. The Bertz CT molecular complexity index is 266. The SMILES string of the molecule is CCCCCCCCCCC(F)(C(=O)O)C(F)(F)F. The Labute approximate surface area is 111 Å². The maximum Gasteiger partial charge on any atom is 0.433 e. The zero-order chi connectivity index (χ0) is 14.9. The van der Waals surface area contributed by atoms with Gasteiger partial charge >= 0.3 is 17.8 Å². The quantitative estimate of drug-likeness (QED) is 0.459. The van der Waals surface area contributed by atoms with Gasteiger partial charge in [-0.15, -0.1) is 0 Å². The summed E-state index contributed by atoms with van der Waals surface area (Å²) in [5.74, 6) is -2.44. The van der Waals surface area contributed by atoms with E-state index in [1.54, 1.807) is 0 Å². The number of alkyl halides is 4. The van der Waals surface area contributed by atoms with Crippen LogP contribution in [0.4, 0.5) is 17.6 Å². The van der Waals surface area contributed by atoms with Crippen molar-refractivity contribution < 1.29 is 27.5 Å². The number of rotatable bonds is 10. The van der Waals surface area contributed by atoms with Crippen molar-refractivity contribution in [2.75, 3.05) is 0 Å². The lowest BCUT2D eigenvalue weighted by Gasteiger charge is -2.23. The first-order valence-corrected chi connectivity index (χ1v) is 6.74. The molecule has 1 atom stereocenters. The van der Waals surface area contributed by atoms with Gasteiger partial charge in [-0.1, -0.05) is 51.9 Å². The number of carboxylic acids is 1. The molecular weight excluding hydrogens is 264 g/mol. The average molecular weight is 286 g/mol. The third kappa shape index (κ3) is 6.25. The standard InChI is InChI=1S/C13H22F4O2/c1-2-3-4-5-6-7-8-9-10-12(14,11(18)19)13(15,16)17/h2-10H2,1H3,(H,18,19). The number of unbranched alkanes of at least 4 members (excludes halogenated alkanes) is 7. The van der Waals surface area contributed by atoms with Crippen molar-refractivity contribution >= 4 is 5.97 Å². The lowest BCUT2D eigenvalue weighted by atomic mass is 9.96. The summed E-state index contributed by atoms with van der Waals surface area (Å²) in [6.07, 6.45) is 0.0247. The zero-order valence-corrected chi connectivity index (χ0v) is 11.2. The summed E-state index contributed by atoms with van der Waals surface area (Å²) in [5, 5.41) is 8.37. The molecule has 0 rings (SSSR count). The second kappa shape index (κ2) is 8.38. The Morgan fingerprint density at radius 1 is 0.895 bits per heavy atom. The van der Waals surface area contributed by atoms with Crippen LogP contribution in [0.5, 0.6) is 0 Å². The van der Waals surface area contributed by atoms with Gasteiger partial charge in [-0.3, -0.25) is 0 Å². The van der Waals surface area contributed by atoms with Crippen LogP contribution >= 0.6 is 0 Å². The molecule has 0 fully saturated rings. The fourth-order valence-electron chi connectivity index (χ4n) is 1.87. The zero-order valence-electron chi connectivity index (χ0n) is 11.2. The predicted octanol–water partition coefficient (Wildman–Crippen LogP) is 4.87. The molecule has 114 valence electrons. The predicted molar refractivity (Wildman–Crippen MR) is 64.8 cm³/mol. The third-order valence-corrected chi connectivity index (χ3v) is 3.16. The monoisotopic (exact) mass is 286 g/mol.